The lowest BCUT2D eigenvalue weighted by molar-refractivity contribution is -0.143. The van der Waals surface area contributed by atoms with Crippen LogP contribution < -0.4 is 4.74 Å². The molecule has 4 rings (SSSR count). The Morgan fingerprint density at radius 1 is 1.18 bits per heavy atom. The van der Waals surface area contributed by atoms with Crippen molar-refractivity contribution in [1.82, 2.24) is 29.9 Å². The molecule has 2 fully saturated rings. The molecule has 2 aliphatic carbocycles. The van der Waals surface area contributed by atoms with E-state index in [0.717, 1.165) is 25.7 Å². The van der Waals surface area contributed by atoms with Gasteiger partial charge in [-0.1, -0.05) is 11.6 Å². The zero-order chi connectivity index (χ0) is 23.4. The topological polar surface area (TPSA) is 133 Å². The second-order valence-electron chi connectivity index (χ2n) is 8.92. The van der Waals surface area contributed by atoms with Gasteiger partial charge in [0.05, 0.1) is 18.3 Å². The molecule has 0 bridgehead atoms. The summed E-state index contributed by atoms with van der Waals surface area (Å²) in [5.74, 6) is -0.260. The number of aryl methyl sites for hydroxylation is 1. The third-order valence-corrected chi connectivity index (χ3v) is 6.48. The van der Waals surface area contributed by atoms with Crippen molar-refractivity contribution in [3.05, 3.63) is 18.1 Å². The van der Waals surface area contributed by atoms with Crippen molar-refractivity contribution in [2.24, 2.45) is 18.9 Å². The van der Waals surface area contributed by atoms with Crippen molar-refractivity contribution in [3.63, 3.8) is 0 Å². The molecule has 0 saturated heterocycles. The van der Waals surface area contributed by atoms with Crippen LogP contribution in [0.3, 0.4) is 0 Å². The number of rotatable bonds is 8. The molecule has 2 atom stereocenters. The number of aromatic nitrogens is 5. The van der Waals surface area contributed by atoms with E-state index in [2.05, 4.69) is 20.3 Å². The first-order valence-corrected chi connectivity index (χ1v) is 11.4. The molecule has 2 aromatic rings. The van der Waals surface area contributed by atoms with Gasteiger partial charge in [0.1, 0.15) is 29.8 Å². The summed E-state index contributed by atoms with van der Waals surface area (Å²) >= 11 is 0. The molecule has 33 heavy (non-hydrogen) atoms. The van der Waals surface area contributed by atoms with E-state index < -0.39 is 5.97 Å². The van der Waals surface area contributed by atoms with E-state index in [1.807, 2.05) is 0 Å². The Hall–Kier alpha value is -3.24. The van der Waals surface area contributed by atoms with E-state index in [9.17, 15) is 14.7 Å². The molecule has 0 spiro atoms. The van der Waals surface area contributed by atoms with Gasteiger partial charge in [-0.2, -0.15) is 0 Å². The number of aliphatic carboxylic acids is 1. The maximum absolute atomic E-state index is 12.3. The standard InChI is InChI=1S/C22H30N6O5/c1-27(12-14-5-3-6-14)22(31)32-13-18-20(25-26-28(18)2)17-10-24-19(11-23-17)33-16-8-4-7-15(9-16)21(29)30/h10-11,14-16H,3-9,12-13H2,1-2H3,(H,29,30)/t15-,16-/m0/s1. The van der Waals surface area contributed by atoms with Crippen LogP contribution in [0.2, 0.25) is 0 Å². The lowest BCUT2D eigenvalue weighted by atomic mass is 9.85. The van der Waals surface area contributed by atoms with Crippen molar-refractivity contribution in [3.8, 4) is 17.3 Å². The smallest absolute Gasteiger partial charge is 0.409 e. The Labute approximate surface area is 192 Å². The summed E-state index contributed by atoms with van der Waals surface area (Å²) < 4.78 is 12.9. The summed E-state index contributed by atoms with van der Waals surface area (Å²) in [5, 5.41) is 17.4. The summed E-state index contributed by atoms with van der Waals surface area (Å²) in [7, 11) is 3.48. The van der Waals surface area contributed by atoms with Gasteiger partial charge in [-0.05, 0) is 44.4 Å². The fourth-order valence-electron chi connectivity index (χ4n) is 4.26. The predicted octanol–water partition coefficient (Wildman–Crippen LogP) is 2.66. The van der Waals surface area contributed by atoms with Crippen LogP contribution in [-0.2, 0) is 23.2 Å². The van der Waals surface area contributed by atoms with E-state index in [0.29, 0.717) is 48.3 Å². The number of carbonyl (C=O) groups excluding carboxylic acids is 1. The quantitative estimate of drug-likeness (QED) is 0.634. The predicted molar refractivity (Wildman–Crippen MR) is 116 cm³/mol. The van der Waals surface area contributed by atoms with Crippen molar-refractivity contribution in [2.75, 3.05) is 13.6 Å². The molecule has 2 aliphatic rings. The monoisotopic (exact) mass is 458 g/mol. The largest absolute Gasteiger partial charge is 0.481 e. The van der Waals surface area contributed by atoms with Crippen molar-refractivity contribution in [2.45, 2.75) is 57.7 Å². The van der Waals surface area contributed by atoms with E-state index in [4.69, 9.17) is 9.47 Å². The molecular formula is C22H30N6O5. The van der Waals surface area contributed by atoms with Crippen LogP contribution in [0.1, 0.15) is 50.6 Å². The van der Waals surface area contributed by atoms with Gasteiger partial charge >= 0.3 is 12.1 Å². The zero-order valence-electron chi connectivity index (χ0n) is 19.0. The number of carbonyl (C=O) groups is 2. The van der Waals surface area contributed by atoms with Crippen LogP contribution in [0.15, 0.2) is 12.4 Å². The van der Waals surface area contributed by atoms with Gasteiger partial charge in [0.2, 0.25) is 5.88 Å². The van der Waals surface area contributed by atoms with Crippen LogP contribution in [-0.4, -0.2) is 66.7 Å². The summed E-state index contributed by atoms with van der Waals surface area (Å²) in [6.07, 6.45) is 8.75. The maximum atomic E-state index is 12.3. The number of carboxylic acids is 1. The van der Waals surface area contributed by atoms with Crippen LogP contribution >= 0.6 is 0 Å². The third-order valence-electron chi connectivity index (χ3n) is 6.48. The average molecular weight is 459 g/mol. The Morgan fingerprint density at radius 2 is 1.97 bits per heavy atom. The second kappa shape index (κ2) is 10.1. The number of hydrogen-bond acceptors (Lipinski definition) is 8. The first kappa shape index (κ1) is 22.9. The minimum absolute atomic E-state index is 0.0191. The number of nitrogens with zero attached hydrogens (tertiary/aromatic N) is 6. The van der Waals surface area contributed by atoms with Crippen LogP contribution in [0.5, 0.6) is 5.88 Å². The Kier molecular flexibility index (Phi) is 7.05. The highest BCUT2D eigenvalue weighted by atomic mass is 16.6. The Bertz CT molecular complexity index is 974. The number of ether oxygens (including phenoxy) is 2. The summed E-state index contributed by atoms with van der Waals surface area (Å²) in [4.78, 5) is 33.9. The van der Waals surface area contributed by atoms with Crippen molar-refractivity contribution in [1.29, 1.82) is 0 Å². The van der Waals surface area contributed by atoms with Gasteiger partial charge < -0.3 is 19.5 Å². The lowest BCUT2D eigenvalue weighted by Gasteiger charge is -2.29. The van der Waals surface area contributed by atoms with E-state index in [1.54, 1.807) is 23.7 Å². The molecule has 2 aromatic heterocycles. The third kappa shape index (κ3) is 5.58. The first-order chi connectivity index (χ1) is 15.9. The Morgan fingerprint density at radius 3 is 2.64 bits per heavy atom. The number of carboxylic acid groups (broad SMARTS) is 1. The van der Waals surface area contributed by atoms with Gasteiger partial charge in [-0.3, -0.25) is 4.79 Å². The highest BCUT2D eigenvalue weighted by molar-refractivity contribution is 5.70. The van der Waals surface area contributed by atoms with Gasteiger partial charge in [-0.15, -0.1) is 5.10 Å². The fraction of sp³-hybridized carbons (Fsp3) is 0.636. The molecule has 0 radical (unpaired) electrons. The van der Waals surface area contributed by atoms with Gasteiger partial charge in [0, 0.05) is 20.6 Å². The van der Waals surface area contributed by atoms with Crippen LogP contribution in [0.25, 0.3) is 11.4 Å². The minimum Gasteiger partial charge on any atom is -0.481 e. The lowest BCUT2D eigenvalue weighted by Crippen LogP contribution is -2.34. The molecule has 11 heteroatoms. The Balaban J connectivity index is 1.36. The van der Waals surface area contributed by atoms with Gasteiger partial charge in [-0.25, -0.2) is 19.4 Å². The second-order valence-corrected chi connectivity index (χ2v) is 8.92. The maximum Gasteiger partial charge on any atom is 0.409 e. The van der Waals surface area contributed by atoms with Crippen LogP contribution in [0, 0.1) is 11.8 Å². The molecule has 11 nitrogen and oxygen atoms in total. The average Bonchev–Trinajstić information content (AvgIpc) is 3.15. The molecule has 178 valence electrons. The SMILES string of the molecule is CN(CC1CCC1)C(=O)OCc1c(-c2cnc(O[C@H]3CCC[C@H](C(=O)O)C3)cn2)nnn1C. The number of amides is 1. The molecule has 0 unspecified atom stereocenters. The zero-order valence-corrected chi connectivity index (χ0v) is 19.0. The highest BCUT2D eigenvalue weighted by Gasteiger charge is 2.28. The van der Waals surface area contributed by atoms with Crippen molar-refractivity contribution < 1.29 is 24.2 Å². The van der Waals surface area contributed by atoms with E-state index >= 15 is 0 Å². The molecular weight excluding hydrogens is 428 g/mol. The summed E-state index contributed by atoms with van der Waals surface area (Å²) in [6.45, 7) is 0.724. The van der Waals surface area contributed by atoms with E-state index in [1.165, 1.54) is 18.8 Å². The molecule has 2 heterocycles. The molecule has 2 saturated carbocycles. The fourth-order valence-corrected chi connectivity index (χ4v) is 4.26. The molecule has 1 amide bonds. The highest BCUT2D eigenvalue weighted by Crippen LogP contribution is 2.28. The molecule has 0 aromatic carbocycles. The minimum atomic E-state index is -0.783. The molecule has 0 aliphatic heterocycles. The van der Waals surface area contributed by atoms with Gasteiger partial charge in [0.25, 0.3) is 0 Å². The first-order valence-electron chi connectivity index (χ1n) is 11.4. The van der Waals surface area contributed by atoms with Gasteiger partial charge in [0.15, 0.2) is 0 Å². The van der Waals surface area contributed by atoms with E-state index in [-0.39, 0.29) is 24.7 Å². The molecule has 1 N–H and O–H groups in total. The van der Waals surface area contributed by atoms with Crippen LogP contribution in [0.4, 0.5) is 4.79 Å². The normalized spacial score (nSPS) is 20.7. The summed E-state index contributed by atoms with van der Waals surface area (Å²) in [6, 6.07) is 0. The number of hydrogen-bond donors (Lipinski definition) is 1. The summed E-state index contributed by atoms with van der Waals surface area (Å²) in [5.41, 5.74) is 1.57. The van der Waals surface area contributed by atoms with Crippen molar-refractivity contribution >= 4 is 12.1 Å².